The highest BCUT2D eigenvalue weighted by atomic mass is 16.1. The number of carbonyl (C=O) groups excluding carboxylic acids is 1. The monoisotopic (exact) mass is 279 g/mol. The number of aryl methyl sites for hydroxylation is 2. The fourth-order valence-electron chi connectivity index (χ4n) is 3.20. The summed E-state index contributed by atoms with van der Waals surface area (Å²) in [5.41, 5.74) is 6.80. The fourth-order valence-corrected chi connectivity index (χ4v) is 3.20. The molecule has 1 aliphatic carbocycles. The first kappa shape index (κ1) is 14.0. The molecule has 2 aromatic rings. The minimum Gasteiger partial charge on any atom is -0.310 e. The van der Waals surface area contributed by atoms with Gasteiger partial charge in [-0.15, -0.1) is 0 Å². The summed E-state index contributed by atoms with van der Waals surface area (Å²) in [6.45, 7) is 1.65. The Kier molecular flexibility index (Phi) is 3.89. The average Bonchev–Trinajstić information content (AvgIpc) is 2.51. The van der Waals surface area contributed by atoms with Gasteiger partial charge in [0.15, 0.2) is 0 Å². The summed E-state index contributed by atoms with van der Waals surface area (Å²) >= 11 is 0. The Morgan fingerprint density at radius 1 is 1.10 bits per heavy atom. The largest absolute Gasteiger partial charge is 0.310 e. The SMILES string of the molecule is CN[C@@H](Cc1ccc2c(c1)CCc1ccccc1-2)C(C)=O. The third-order valence-electron chi connectivity index (χ3n) is 4.42. The molecule has 1 N–H and O–H groups in total. The van der Waals surface area contributed by atoms with Gasteiger partial charge < -0.3 is 5.32 Å². The lowest BCUT2D eigenvalue weighted by Gasteiger charge is -2.21. The number of carbonyl (C=O) groups is 1. The van der Waals surface area contributed by atoms with E-state index < -0.39 is 0 Å². The van der Waals surface area contributed by atoms with E-state index in [1.165, 1.54) is 27.8 Å². The maximum absolute atomic E-state index is 11.6. The lowest BCUT2D eigenvalue weighted by Crippen LogP contribution is -2.34. The number of hydrogen-bond acceptors (Lipinski definition) is 2. The Labute approximate surface area is 126 Å². The molecule has 0 aromatic heterocycles. The summed E-state index contributed by atoms with van der Waals surface area (Å²) < 4.78 is 0. The minimum atomic E-state index is -0.0843. The van der Waals surface area contributed by atoms with Crippen LogP contribution in [0, 0.1) is 0 Å². The number of likely N-dealkylation sites (N-methyl/N-ethyl adjacent to an activating group) is 1. The van der Waals surface area contributed by atoms with Crippen LogP contribution in [0.3, 0.4) is 0 Å². The molecule has 3 rings (SSSR count). The van der Waals surface area contributed by atoms with Crippen molar-refractivity contribution in [2.75, 3.05) is 7.05 Å². The smallest absolute Gasteiger partial charge is 0.147 e. The highest BCUT2D eigenvalue weighted by Gasteiger charge is 2.17. The number of rotatable bonds is 4. The predicted molar refractivity (Wildman–Crippen MR) is 86.5 cm³/mol. The second-order valence-corrected chi connectivity index (χ2v) is 5.80. The van der Waals surface area contributed by atoms with E-state index >= 15 is 0 Å². The van der Waals surface area contributed by atoms with E-state index in [1.54, 1.807) is 6.92 Å². The Balaban J connectivity index is 1.92. The van der Waals surface area contributed by atoms with Crippen LogP contribution in [0.2, 0.25) is 0 Å². The van der Waals surface area contributed by atoms with Crippen molar-refractivity contribution in [1.82, 2.24) is 5.32 Å². The second-order valence-electron chi connectivity index (χ2n) is 5.80. The van der Waals surface area contributed by atoms with Crippen LogP contribution < -0.4 is 5.32 Å². The van der Waals surface area contributed by atoms with Gasteiger partial charge in [-0.1, -0.05) is 42.5 Å². The van der Waals surface area contributed by atoms with Crippen LogP contribution in [0.4, 0.5) is 0 Å². The van der Waals surface area contributed by atoms with E-state index in [0.717, 1.165) is 19.3 Å². The van der Waals surface area contributed by atoms with Crippen LogP contribution in [-0.2, 0) is 24.1 Å². The van der Waals surface area contributed by atoms with Gasteiger partial charge >= 0.3 is 0 Å². The Bertz CT molecular complexity index is 675. The summed E-state index contributed by atoms with van der Waals surface area (Å²) in [6, 6.07) is 15.2. The molecule has 0 heterocycles. The van der Waals surface area contributed by atoms with Gasteiger partial charge in [0.05, 0.1) is 6.04 Å². The highest BCUT2D eigenvalue weighted by Crippen LogP contribution is 2.33. The van der Waals surface area contributed by atoms with E-state index in [9.17, 15) is 4.79 Å². The van der Waals surface area contributed by atoms with Crippen molar-refractivity contribution in [1.29, 1.82) is 0 Å². The first-order chi connectivity index (χ1) is 10.2. The molecular weight excluding hydrogens is 258 g/mol. The average molecular weight is 279 g/mol. The number of nitrogens with one attached hydrogen (secondary N) is 1. The van der Waals surface area contributed by atoms with Crippen LogP contribution in [0.5, 0.6) is 0 Å². The molecule has 21 heavy (non-hydrogen) atoms. The summed E-state index contributed by atoms with van der Waals surface area (Å²) in [5, 5.41) is 3.10. The summed E-state index contributed by atoms with van der Waals surface area (Å²) in [4.78, 5) is 11.6. The Morgan fingerprint density at radius 3 is 2.57 bits per heavy atom. The molecule has 2 nitrogen and oxygen atoms in total. The molecule has 0 aliphatic heterocycles. The Morgan fingerprint density at radius 2 is 1.81 bits per heavy atom. The van der Waals surface area contributed by atoms with Gasteiger partial charge in [0, 0.05) is 0 Å². The van der Waals surface area contributed by atoms with Crippen molar-refractivity contribution in [2.24, 2.45) is 0 Å². The normalized spacial score (nSPS) is 14.2. The molecule has 0 spiro atoms. The zero-order valence-electron chi connectivity index (χ0n) is 12.6. The Hall–Kier alpha value is -1.93. The molecule has 108 valence electrons. The van der Waals surface area contributed by atoms with Gasteiger partial charge in [0.25, 0.3) is 0 Å². The maximum Gasteiger partial charge on any atom is 0.147 e. The fraction of sp³-hybridized carbons (Fsp3) is 0.316. The summed E-state index contributed by atoms with van der Waals surface area (Å²) in [5.74, 6) is 0.195. The molecule has 2 heteroatoms. The third kappa shape index (κ3) is 2.77. The molecule has 0 bridgehead atoms. The van der Waals surface area contributed by atoms with Crippen molar-refractivity contribution >= 4 is 5.78 Å². The van der Waals surface area contributed by atoms with Crippen LogP contribution in [0.15, 0.2) is 42.5 Å². The molecule has 0 radical (unpaired) electrons. The third-order valence-corrected chi connectivity index (χ3v) is 4.42. The zero-order valence-corrected chi connectivity index (χ0v) is 12.6. The summed E-state index contributed by atoms with van der Waals surface area (Å²) in [7, 11) is 1.85. The summed E-state index contributed by atoms with van der Waals surface area (Å²) in [6.07, 6.45) is 2.96. The molecule has 1 atom stereocenters. The van der Waals surface area contributed by atoms with Crippen molar-refractivity contribution in [3.05, 3.63) is 59.2 Å². The number of Topliss-reactive ketones (excluding diaryl/α,β-unsaturated/α-hetero) is 1. The molecular formula is C19H21NO. The molecule has 0 saturated carbocycles. The van der Waals surface area contributed by atoms with E-state index in [1.807, 2.05) is 7.05 Å². The van der Waals surface area contributed by atoms with Crippen molar-refractivity contribution in [3.8, 4) is 11.1 Å². The van der Waals surface area contributed by atoms with Gasteiger partial charge in [-0.2, -0.15) is 0 Å². The molecule has 2 aromatic carbocycles. The predicted octanol–water partition coefficient (Wildman–Crippen LogP) is 3.17. The molecule has 0 fully saturated rings. The second kappa shape index (κ2) is 5.82. The molecule has 1 aliphatic rings. The van der Waals surface area contributed by atoms with Crippen molar-refractivity contribution < 1.29 is 4.79 Å². The van der Waals surface area contributed by atoms with E-state index in [4.69, 9.17) is 0 Å². The number of fused-ring (bicyclic) bond motifs is 3. The number of hydrogen-bond donors (Lipinski definition) is 1. The van der Waals surface area contributed by atoms with Crippen molar-refractivity contribution in [2.45, 2.75) is 32.2 Å². The first-order valence-electron chi connectivity index (χ1n) is 7.57. The molecule has 0 unspecified atom stereocenters. The van der Waals surface area contributed by atoms with E-state index in [-0.39, 0.29) is 11.8 Å². The lowest BCUT2D eigenvalue weighted by molar-refractivity contribution is -0.118. The standard InChI is InChI=1S/C19H21NO/c1-13(21)19(20-2)12-14-7-10-18-16(11-14)9-8-15-5-3-4-6-17(15)18/h3-7,10-11,19-20H,8-9,12H2,1-2H3/t19-/m0/s1. The van der Waals surface area contributed by atoms with E-state index in [0.29, 0.717) is 0 Å². The van der Waals surface area contributed by atoms with Crippen LogP contribution in [-0.4, -0.2) is 18.9 Å². The molecule has 0 saturated heterocycles. The maximum atomic E-state index is 11.6. The minimum absolute atomic E-state index is 0.0843. The van der Waals surface area contributed by atoms with E-state index in [2.05, 4.69) is 47.8 Å². The number of benzene rings is 2. The quantitative estimate of drug-likeness (QED) is 0.931. The van der Waals surface area contributed by atoms with Gasteiger partial charge in [0.1, 0.15) is 5.78 Å². The highest BCUT2D eigenvalue weighted by molar-refractivity contribution is 5.82. The van der Waals surface area contributed by atoms with Gasteiger partial charge in [-0.3, -0.25) is 4.79 Å². The van der Waals surface area contributed by atoms with Gasteiger partial charge in [-0.25, -0.2) is 0 Å². The van der Waals surface area contributed by atoms with Crippen LogP contribution in [0.25, 0.3) is 11.1 Å². The lowest BCUT2D eigenvalue weighted by atomic mass is 9.84. The van der Waals surface area contributed by atoms with Gasteiger partial charge in [-0.05, 0) is 61.1 Å². The van der Waals surface area contributed by atoms with Crippen molar-refractivity contribution in [3.63, 3.8) is 0 Å². The number of ketones is 1. The van der Waals surface area contributed by atoms with Gasteiger partial charge in [0.2, 0.25) is 0 Å². The first-order valence-corrected chi connectivity index (χ1v) is 7.57. The zero-order chi connectivity index (χ0) is 14.8. The topological polar surface area (TPSA) is 29.1 Å². The van der Waals surface area contributed by atoms with Crippen LogP contribution >= 0.6 is 0 Å². The molecule has 0 amide bonds. The van der Waals surface area contributed by atoms with Crippen LogP contribution in [0.1, 0.15) is 23.6 Å².